The topological polar surface area (TPSA) is 78.9 Å². The van der Waals surface area contributed by atoms with Gasteiger partial charge in [-0.2, -0.15) is 0 Å². The standard InChI is InChI=1S/C39H44O7/c40-23-35-33(45-35)21-22-34-37(42-25-30-15-7-2-8-16-30)39(44-27-32-19-11-4-12-20-32)38(43-26-31-17-9-3-10-18-31)36(46-34)28-41-24-29-13-5-1-6-14-29/h1-20,33-40H,21-28H2/t33-,34-,35-,36-,37+,38+,39-/m1/s1. The van der Waals surface area contributed by atoms with E-state index in [0.717, 1.165) is 28.7 Å². The summed E-state index contributed by atoms with van der Waals surface area (Å²) < 4.78 is 39.1. The number of rotatable bonds is 17. The van der Waals surface area contributed by atoms with Gasteiger partial charge in [0, 0.05) is 0 Å². The molecule has 0 saturated carbocycles. The van der Waals surface area contributed by atoms with Crippen LogP contribution in [0.25, 0.3) is 0 Å². The highest BCUT2D eigenvalue weighted by molar-refractivity contribution is 5.16. The monoisotopic (exact) mass is 624 g/mol. The van der Waals surface area contributed by atoms with E-state index >= 15 is 0 Å². The van der Waals surface area contributed by atoms with E-state index in [1.54, 1.807) is 0 Å². The summed E-state index contributed by atoms with van der Waals surface area (Å²) in [5.41, 5.74) is 4.31. The fourth-order valence-corrected chi connectivity index (χ4v) is 6.04. The summed E-state index contributed by atoms with van der Waals surface area (Å²) in [4.78, 5) is 0. The van der Waals surface area contributed by atoms with Gasteiger partial charge in [0.25, 0.3) is 0 Å². The maximum atomic E-state index is 9.58. The first-order valence-electron chi connectivity index (χ1n) is 16.3. The van der Waals surface area contributed by atoms with Gasteiger partial charge in [0.1, 0.15) is 30.5 Å². The van der Waals surface area contributed by atoms with Crippen molar-refractivity contribution in [3.63, 3.8) is 0 Å². The van der Waals surface area contributed by atoms with Crippen molar-refractivity contribution < 1.29 is 33.5 Å². The van der Waals surface area contributed by atoms with E-state index in [9.17, 15) is 5.11 Å². The molecule has 242 valence electrons. The molecule has 1 N–H and O–H groups in total. The van der Waals surface area contributed by atoms with Crippen LogP contribution in [0.1, 0.15) is 35.1 Å². The molecule has 0 aliphatic carbocycles. The molecule has 0 unspecified atom stereocenters. The summed E-state index contributed by atoms with van der Waals surface area (Å²) in [6.07, 6.45) is -0.660. The van der Waals surface area contributed by atoms with Crippen LogP contribution in [0.3, 0.4) is 0 Å². The summed E-state index contributed by atoms with van der Waals surface area (Å²) in [6.45, 7) is 2.05. The van der Waals surface area contributed by atoms with Gasteiger partial charge in [-0.1, -0.05) is 121 Å². The Labute approximate surface area is 272 Å². The number of hydrogen-bond acceptors (Lipinski definition) is 7. The van der Waals surface area contributed by atoms with Crippen molar-refractivity contribution in [2.24, 2.45) is 0 Å². The number of ether oxygens (including phenoxy) is 6. The molecule has 7 atom stereocenters. The highest BCUT2D eigenvalue weighted by Crippen LogP contribution is 2.35. The Hall–Kier alpha value is -3.40. The molecule has 46 heavy (non-hydrogen) atoms. The molecule has 0 amide bonds. The third-order valence-corrected chi connectivity index (χ3v) is 8.58. The third-order valence-electron chi connectivity index (χ3n) is 8.58. The van der Waals surface area contributed by atoms with Crippen LogP contribution in [0.5, 0.6) is 0 Å². The Balaban J connectivity index is 1.27. The van der Waals surface area contributed by atoms with Crippen LogP contribution in [0.15, 0.2) is 121 Å². The number of hydrogen-bond donors (Lipinski definition) is 1. The largest absolute Gasteiger partial charge is 0.394 e. The van der Waals surface area contributed by atoms with Gasteiger partial charge >= 0.3 is 0 Å². The highest BCUT2D eigenvalue weighted by atomic mass is 16.6. The van der Waals surface area contributed by atoms with Crippen molar-refractivity contribution in [1.29, 1.82) is 0 Å². The van der Waals surface area contributed by atoms with Gasteiger partial charge in [-0.15, -0.1) is 0 Å². The van der Waals surface area contributed by atoms with E-state index in [2.05, 4.69) is 48.5 Å². The number of aliphatic hydroxyl groups excluding tert-OH is 1. The van der Waals surface area contributed by atoms with Crippen molar-refractivity contribution in [2.45, 2.75) is 82.0 Å². The summed E-state index contributed by atoms with van der Waals surface area (Å²) >= 11 is 0. The molecule has 7 nitrogen and oxygen atoms in total. The summed E-state index contributed by atoms with van der Waals surface area (Å²) in [5.74, 6) is 0. The fourth-order valence-electron chi connectivity index (χ4n) is 6.04. The molecule has 0 bridgehead atoms. The quantitative estimate of drug-likeness (QED) is 0.139. The molecule has 4 aromatic rings. The lowest BCUT2D eigenvalue weighted by Crippen LogP contribution is -2.61. The molecule has 2 aliphatic heterocycles. The van der Waals surface area contributed by atoms with Crippen molar-refractivity contribution in [2.75, 3.05) is 13.2 Å². The van der Waals surface area contributed by atoms with Gasteiger partial charge in [-0.3, -0.25) is 0 Å². The van der Waals surface area contributed by atoms with Gasteiger partial charge in [0.15, 0.2) is 0 Å². The fraction of sp³-hybridized carbons (Fsp3) is 0.385. The average molecular weight is 625 g/mol. The second-order valence-electron chi connectivity index (χ2n) is 12.0. The van der Waals surface area contributed by atoms with E-state index in [1.807, 2.05) is 72.8 Å². The SMILES string of the molecule is OC[C@H]1O[C@@H]1CC[C@H]1O[C@H](COCc2ccccc2)[C@H](OCc2ccccc2)[C@H](OCc2ccccc2)[C@H]1OCc1ccccc1. The van der Waals surface area contributed by atoms with E-state index in [4.69, 9.17) is 28.4 Å². The Kier molecular flexibility index (Phi) is 12.0. The van der Waals surface area contributed by atoms with Crippen molar-refractivity contribution in [1.82, 2.24) is 0 Å². The Bertz CT molecular complexity index is 1410. The predicted molar refractivity (Wildman–Crippen MR) is 175 cm³/mol. The first-order valence-corrected chi connectivity index (χ1v) is 16.3. The van der Waals surface area contributed by atoms with Crippen LogP contribution in [0.2, 0.25) is 0 Å². The van der Waals surface area contributed by atoms with Crippen molar-refractivity contribution in [3.05, 3.63) is 144 Å². The zero-order valence-corrected chi connectivity index (χ0v) is 26.1. The normalized spacial score (nSPS) is 25.7. The molecule has 2 aliphatic rings. The molecular weight excluding hydrogens is 580 g/mol. The van der Waals surface area contributed by atoms with E-state index in [1.165, 1.54) is 0 Å². The molecule has 6 rings (SSSR count). The van der Waals surface area contributed by atoms with E-state index in [0.29, 0.717) is 39.5 Å². The van der Waals surface area contributed by atoms with Crippen LogP contribution < -0.4 is 0 Å². The van der Waals surface area contributed by atoms with Gasteiger partial charge in [0.2, 0.25) is 0 Å². The van der Waals surface area contributed by atoms with Gasteiger partial charge < -0.3 is 33.5 Å². The maximum absolute atomic E-state index is 9.58. The lowest BCUT2D eigenvalue weighted by molar-refractivity contribution is -0.273. The molecule has 7 heteroatoms. The zero-order valence-electron chi connectivity index (χ0n) is 26.1. The van der Waals surface area contributed by atoms with Gasteiger partial charge in [-0.25, -0.2) is 0 Å². The second-order valence-corrected chi connectivity index (χ2v) is 12.0. The van der Waals surface area contributed by atoms with Gasteiger partial charge in [0.05, 0.1) is 51.8 Å². The first kappa shape index (κ1) is 32.5. The molecule has 0 radical (unpaired) electrons. The van der Waals surface area contributed by atoms with Crippen LogP contribution in [0, 0.1) is 0 Å². The molecule has 2 saturated heterocycles. The van der Waals surface area contributed by atoms with Crippen LogP contribution >= 0.6 is 0 Å². The number of aliphatic hydroxyl groups is 1. The molecular formula is C39H44O7. The second kappa shape index (κ2) is 17.0. The van der Waals surface area contributed by atoms with Gasteiger partial charge in [-0.05, 0) is 35.1 Å². The van der Waals surface area contributed by atoms with E-state index in [-0.39, 0.29) is 24.9 Å². The van der Waals surface area contributed by atoms with Crippen LogP contribution in [0.4, 0.5) is 0 Å². The lowest BCUT2D eigenvalue weighted by atomic mass is 9.91. The van der Waals surface area contributed by atoms with Crippen molar-refractivity contribution in [3.8, 4) is 0 Å². The van der Waals surface area contributed by atoms with Crippen molar-refractivity contribution >= 4 is 0 Å². The maximum Gasteiger partial charge on any atom is 0.115 e. The summed E-state index contributed by atoms with van der Waals surface area (Å²) in [5, 5.41) is 9.58. The molecule has 2 heterocycles. The molecule has 0 aromatic heterocycles. The lowest BCUT2D eigenvalue weighted by Gasteiger charge is -2.46. The molecule has 0 spiro atoms. The third kappa shape index (κ3) is 9.33. The minimum atomic E-state index is -0.459. The Morgan fingerprint density at radius 3 is 1.28 bits per heavy atom. The first-order chi connectivity index (χ1) is 22.8. The number of benzene rings is 4. The highest BCUT2D eigenvalue weighted by Gasteiger charge is 2.49. The molecule has 4 aromatic carbocycles. The summed E-state index contributed by atoms with van der Waals surface area (Å²) in [7, 11) is 0. The minimum absolute atomic E-state index is 0.0203. The zero-order chi connectivity index (χ0) is 31.4. The summed E-state index contributed by atoms with van der Waals surface area (Å²) in [6, 6.07) is 40.6. The Morgan fingerprint density at radius 2 is 0.826 bits per heavy atom. The van der Waals surface area contributed by atoms with E-state index < -0.39 is 24.4 Å². The average Bonchev–Trinajstić information content (AvgIpc) is 3.89. The number of epoxide rings is 1. The van der Waals surface area contributed by atoms with Crippen LogP contribution in [-0.4, -0.2) is 61.0 Å². The molecule has 2 fully saturated rings. The van der Waals surface area contributed by atoms with Crippen LogP contribution in [-0.2, 0) is 54.8 Å². The predicted octanol–water partition coefficient (Wildman–Crippen LogP) is 6.27. The Morgan fingerprint density at radius 1 is 0.435 bits per heavy atom. The smallest absolute Gasteiger partial charge is 0.115 e. The minimum Gasteiger partial charge on any atom is -0.394 e.